The van der Waals surface area contributed by atoms with Crippen LogP contribution in [0.5, 0.6) is 5.75 Å². The molecule has 3 amide bonds. The molecule has 49 heavy (non-hydrogen) atoms. The van der Waals surface area contributed by atoms with Crippen molar-refractivity contribution in [3.63, 3.8) is 0 Å². The summed E-state index contributed by atoms with van der Waals surface area (Å²) in [7, 11) is 1.59. The van der Waals surface area contributed by atoms with Gasteiger partial charge in [-0.3, -0.25) is 19.5 Å². The maximum atomic E-state index is 13.3. The molecular formula is C32H27ClN10O4S2. The van der Waals surface area contributed by atoms with Crippen LogP contribution in [-0.2, 0) is 27.2 Å². The van der Waals surface area contributed by atoms with Crippen molar-refractivity contribution in [1.29, 1.82) is 0 Å². The van der Waals surface area contributed by atoms with Crippen molar-refractivity contribution in [1.82, 2.24) is 29.9 Å². The van der Waals surface area contributed by atoms with Crippen LogP contribution in [0.15, 0.2) is 65.6 Å². The topological polar surface area (TPSA) is 186 Å². The fraction of sp³-hybridized carbons (Fsp3) is 0.156. The lowest BCUT2D eigenvalue weighted by Crippen LogP contribution is -2.41. The predicted molar refractivity (Wildman–Crippen MR) is 188 cm³/mol. The third-order valence-corrected chi connectivity index (χ3v) is 9.99. The van der Waals surface area contributed by atoms with E-state index in [1.165, 1.54) is 33.9 Å². The molecule has 0 spiro atoms. The fourth-order valence-electron chi connectivity index (χ4n) is 5.48. The van der Waals surface area contributed by atoms with E-state index < -0.39 is 5.91 Å². The van der Waals surface area contributed by atoms with Crippen molar-refractivity contribution < 1.29 is 19.1 Å². The Morgan fingerprint density at radius 1 is 1.08 bits per heavy atom. The number of hydrogen-bond donors (Lipinski definition) is 4. The molecule has 0 radical (unpaired) electrons. The summed E-state index contributed by atoms with van der Waals surface area (Å²) >= 11 is 8.98. The van der Waals surface area contributed by atoms with Crippen LogP contribution in [-0.4, -0.2) is 61.3 Å². The zero-order chi connectivity index (χ0) is 34.1. The molecule has 14 nitrogen and oxygen atoms in total. The van der Waals surface area contributed by atoms with Crippen molar-refractivity contribution in [2.75, 3.05) is 34.9 Å². The van der Waals surface area contributed by atoms with E-state index in [1.54, 1.807) is 41.4 Å². The van der Waals surface area contributed by atoms with Crippen LogP contribution in [0.1, 0.15) is 17.5 Å². The first-order chi connectivity index (χ1) is 23.8. The van der Waals surface area contributed by atoms with Gasteiger partial charge in [0.05, 0.1) is 40.4 Å². The molecule has 17 heteroatoms. The quantitative estimate of drug-likeness (QED) is 0.148. The SMILES string of the molecule is COc1ccc(CC(=O)Nc2ccsc2-c2nc(N)nn2-c2ccc3c(c2)N(CC(=O)Nc2scc(Cl)c2-c2ncn[nH]2)C(=O)CC3)cc1. The Morgan fingerprint density at radius 2 is 1.92 bits per heavy atom. The number of carbonyl (C=O) groups excluding carboxylic acids is 3. The van der Waals surface area contributed by atoms with Gasteiger partial charge in [-0.15, -0.1) is 27.8 Å². The van der Waals surface area contributed by atoms with E-state index in [0.29, 0.717) is 61.3 Å². The van der Waals surface area contributed by atoms with Crippen LogP contribution >= 0.6 is 34.3 Å². The molecule has 7 rings (SSSR count). The number of nitrogens with one attached hydrogen (secondary N) is 3. The average molecular weight is 715 g/mol. The van der Waals surface area contributed by atoms with Gasteiger partial charge >= 0.3 is 0 Å². The van der Waals surface area contributed by atoms with Crippen LogP contribution in [0.3, 0.4) is 0 Å². The van der Waals surface area contributed by atoms with Gasteiger partial charge in [-0.2, -0.15) is 10.1 Å². The molecule has 1 aliphatic heterocycles. The molecule has 0 saturated carbocycles. The van der Waals surface area contributed by atoms with Gasteiger partial charge in [0.2, 0.25) is 23.7 Å². The third-order valence-electron chi connectivity index (χ3n) is 7.76. The Labute approximate surface area is 291 Å². The summed E-state index contributed by atoms with van der Waals surface area (Å²) in [4.78, 5) is 50.3. The van der Waals surface area contributed by atoms with Gasteiger partial charge in [-0.25, -0.2) is 9.67 Å². The number of thiophene rings is 2. The number of H-pyrrole nitrogens is 1. The minimum absolute atomic E-state index is 0.0288. The minimum atomic E-state index is -0.412. The molecular weight excluding hydrogens is 688 g/mol. The molecule has 2 aromatic carbocycles. The fourth-order valence-corrected chi connectivity index (χ4v) is 7.51. The molecule has 4 aromatic heterocycles. The number of anilines is 4. The monoisotopic (exact) mass is 714 g/mol. The molecule has 0 bridgehead atoms. The summed E-state index contributed by atoms with van der Waals surface area (Å²) in [5.74, 6) is 0.750. The highest BCUT2D eigenvalue weighted by atomic mass is 35.5. The summed E-state index contributed by atoms with van der Waals surface area (Å²) in [6.45, 7) is -0.234. The van der Waals surface area contributed by atoms with Gasteiger partial charge in [0.15, 0.2) is 11.6 Å². The van der Waals surface area contributed by atoms with E-state index in [9.17, 15) is 14.4 Å². The summed E-state index contributed by atoms with van der Waals surface area (Å²) in [5, 5.41) is 21.3. The van der Waals surface area contributed by atoms with Crippen LogP contribution in [0.4, 0.5) is 22.3 Å². The first-order valence-corrected chi connectivity index (χ1v) is 17.0. The van der Waals surface area contributed by atoms with Crippen LogP contribution in [0.25, 0.3) is 27.8 Å². The lowest BCUT2D eigenvalue weighted by atomic mass is 10.0. The van der Waals surface area contributed by atoms with Crippen LogP contribution in [0, 0.1) is 0 Å². The van der Waals surface area contributed by atoms with Gasteiger partial charge in [-0.1, -0.05) is 29.8 Å². The highest BCUT2D eigenvalue weighted by Crippen LogP contribution is 2.39. The predicted octanol–water partition coefficient (Wildman–Crippen LogP) is 5.19. The highest BCUT2D eigenvalue weighted by molar-refractivity contribution is 7.15. The molecule has 5 heterocycles. The lowest BCUT2D eigenvalue weighted by molar-refractivity contribution is -0.121. The zero-order valence-electron chi connectivity index (χ0n) is 25.8. The Balaban J connectivity index is 1.13. The number of amides is 3. The smallest absolute Gasteiger partial charge is 0.245 e. The third kappa shape index (κ3) is 6.61. The van der Waals surface area contributed by atoms with Crippen molar-refractivity contribution >= 4 is 74.3 Å². The second-order valence-electron chi connectivity index (χ2n) is 10.9. The van der Waals surface area contributed by atoms with Gasteiger partial charge in [0.25, 0.3) is 0 Å². The van der Waals surface area contributed by atoms with Gasteiger partial charge in [0.1, 0.15) is 23.6 Å². The van der Waals surface area contributed by atoms with E-state index in [2.05, 4.69) is 35.9 Å². The molecule has 248 valence electrons. The second-order valence-corrected chi connectivity index (χ2v) is 13.1. The standard InChI is InChI=1S/C32H27ClN10O4S2/c1-47-20-7-2-17(3-8-20)12-24(44)37-22-10-11-48-28(22)30-39-32(34)41-43(30)19-6-4-18-5-9-26(46)42(23(18)13-19)14-25(45)38-31-27(21(33)15-49-31)29-35-16-36-40-29/h2-4,6-8,10-11,13,15-16H,5,9,12,14H2,1H3,(H2,34,41)(H,37,44)(H,38,45)(H,35,36,40). The zero-order valence-corrected chi connectivity index (χ0v) is 28.2. The van der Waals surface area contributed by atoms with E-state index in [-0.39, 0.29) is 37.1 Å². The molecule has 6 aromatic rings. The number of fused-ring (bicyclic) bond motifs is 1. The molecule has 0 unspecified atom stereocenters. The maximum Gasteiger partial charge on any atom is 0.245 e. The number of carbonyl (C=O) groups is 3. The van der Waals surface area contributed by atoms with Gasteiger partial charge in [-0.05, 0) is 53.3 Å². The Bertz CT molecular complexity index is 2180. The number of ether oxygens (including phenoxy) is 1. The number of nitrogens with two attached hydrogens (primary N) is 1. The Morgan fingerprint density at radius 3 is 2.69 bits per heavy atom. The number of aromatic nitrogens is 6. The van der Waals surface area contributed by atoms with Gasteiger partial charge < -0.3 is 26.0 Å². The van der Waals surface area contributed by atoms with Crippen molar-refractivity contribution in [2.24, 2.45) is 0 Å². The number of benzene rings is 2. The molecule has 0 atom stereocenters. The number of nitrogens with zero attached hydrogens (tertiary/aromatic N) is 6. The summed E-state index contributed by atoms with van der Waals surface area (Å²) in [6, 6.07) is 14.6. The minimum Gasteiger partial charge on any atom is -0.497 e. The number of nitrogen functional groups attached to an aromatic ring is 1. The van der Waals surface area contributed by atoms with Crippen LogP contribution < -0.4 is 26.0 Å². The maximum absolute atomic E-state index is 13.3. The van der Waals surface area contributed by atoms with Crippen LogP contribution in [0.2, 0.25) is 5.02 Å². The highest BCUT2D eigenvalue weighted by Gasteiger charge is 2.28. The molecule has 0 fully saturated rings. The summed E-state index contributed by atoms with van der Waals surface area (Å²) in [6.07, 6.45) is 2.29. The second kappa shape index (κ2) is 13.5. The lowest BCUT2D eigenvalue weighted by Gasteiger charge is -2.29. The number of hydrogen-bond acceptors (Lipinski definition) is 11. The molecule has 5 N–H and O–H groups in total. The number of rotatable bonds is 10. The Hall–Kier alpha value is -5.58. The van der Waals surface area contributed by atoms with E-state index in [0.717, 1.165) is 11.1 Å². The first kappa shape index (κ1) is 32.0. The van der Waals surface area contributed by atoms with E-state index >= 15 is 0 Å². The largest absolute Gasteiger partial charge is 0.497 e. The normalized spacial score (nSPS) is 12.5. The molecule has 0 aliphatic carbocycles. The summed E-state index contributed by atoms with van der Waals surface area (Å²) < 4.78 is 6.77. The van der Waals surface area contributed by atoms with Gasteiger partial charge in [0, 0.05) is 17.5 Å². The summed E-state index contributed by atoms with van der Waals surface area (Å²) in [5.41, 5.74) is 10.1. The van der Waals surface area contributed by atoms with Crippen molar-refractivity contribution in [3.05, 3.63) is 81.8 Å². The average Bonchev–Trinajstić information content (AvgIpc) is 3.91. The van der Waals surface area contributed by atoms with E-state index in [1.807, 2.05) is 29.6 Å². The molecule has 1 aliphatic rings. The Kier molecular flexibility index (Phi) is 8.81. The first-order valence-electron chi connectivity index (χ1n) is 14.9. The van der Waals surface area contributed by atoms with Crippen molar-refractivity contribution in [3.8, 4) is 33.5 Å². The number of halogens is 1. The van der Waals surface area contributed by atoms with Crippen molar-refractivity contribution in [2.45, 2.75) is 19.3 Å². The molecule has 0 saturated heterocycles. The number of aryl methyl sites for hydroxylation is 1. The van der Waals surface area contributed by atoms with E-state index in [4.69, 9.17) is 22.1 Å². The number of methoxy groups -OCH3 is 1. The number of aromatic amines is 1.